The summed E-state index contributed by atoms with van der Waals surface area (Å²) in [5, 5.41) is 2.35. The topological polar surface area (TPSA) is 55.1 Å². The second-order valence-corrected chi connectivity index (χ2v) is 5.93. The summed E-state index contributed by atoms with van der Waals surface area (Å²) in [6.07, 6.45) is -4.50. The molecule has 0 aliphatic heterocycles. The molecule has 0 saturated carbocycles. The fraction of sp³-hybridized carbons (Fsp3) is 0.462. The van der Waals surface area contributed by atoms with E-state index in [4.69, 9.17) is 17.3 Å². The Morgan fingerprint density at radius 2 is 1.85 bits per heavy atom. The van der Waals surface area contributed by atoms with Crippen LogP contribution in [0.25, 0.3) is 0 Å². The Morgan fingerprint density at radius 3 is 2.30 bits per heavy atom. The third-order valence-corrected chi connectivity index (χ3v) is 3.10. The Bertz CT molecular complexity index is 509. The minimum absolute atomic E-state index is 0.0208. The Kier molecular flexibility index (Phi) is 4.71. The second kappa shape index (κ2) is 5.61. The minimum atomic E-state index is -4.50. The number of hydrogen-bond acceptors (Lipinski definition) is 2. The third-order valence-electron chi connectivity index (χ3n) is 2.77. The first-order chi connectivity index (χ1) is 8.93. The van der Waals surface area contributed by atoms with E-state index in [1.54, 1.807) is 20.8 Å². The first-order valence-electron chi connectivity index (χ1n) is 5.86. The predicted octanol–water partition coefficient (Wildman–Crippen LogP) is 3.67. The highest BCUT2D eigenvalue weighted by molar-refractivity contribution is 6.33. The van der Waals surface area contributed by atoms with Crippen molar-refractivity contribution in [2.24, 2.45) is 11.1 Å². The number of halogens is 4. The lowest BCUT2D eigenvalue weighted by Crippen LogP contribution is -2.45. The number of alkyl halides is 3. The van der Waals surface area contributed by atoms with Gasteiger partial charge < -0.3 is 11.1 Å². The van der Waals surface area contributed by atoms with Gasteiger partial charge in [-0.3, -0.25) is 4.79 Å². The van der Waals surface area contributed by atoms with Gasteiger partial charge in [0.2, 0.25) is 5.91 Å². The number of anilines is 1. The lowest BCUT2D eigenvalue weighted by atomic mass is 9.87. The Labute approximate surface area is 120 Å². The van der Waals surface area contributed by atoms with Crippen LogP contribution in [0.5, 0.6) is 0 Å². The van der Waals surface area contributed by atoms with Crippen LogP contribution in [-0.4, -0.2) is 11.9 Å². The molecule has 0 bridgehead atoms. The van der Waals surface area contributed by atoms with Gasteiger partial charge in [0.15, 0.2) is 0 Å². The van der Waals surface area contributed by atoms with Crippen molar-refractivity contribution in [2.75, 3.05) is 5.32 Å². The van der Waals surface area contributed by atoms with Gasteiger partial charge >= 0.3 is 6.18 Å². The van der Waals surface area contributed by atoms with Crippen LogP contribution >= 0.6 is 11.6 Å². The number of nitrogens with one attached hydrogen (secondary N) is 1. The monoisotopic (exact) mass is 308 g/mol. The van der Waals surface area contributed by atoms with Gasteiger partial charge in [0, 0.05) is 0 Å². The molecule has 0 heterocycles. The average Bonchev–Trinajstić information content (AvgIpc) is 2.28. The van der Waals surface area contributed by atoms with Crippen molar-refractivity contribution in [3.63, 3.8) is 0 Å². The number of carbonyl (C=O) groups excluding carboxylic acids is 1. The Hall–Kier alpha value is -1.27. The first kappa shape index (κ1) is 16.8. The van der Waals surface area contributed by atoms with E-state index in [0.717, 1.165) is 18.2 Å². The molecule has 1 atom stereocenters. The van der Waals surface area contributed by atoms with Gasteiger partial charge in [-0.2, -0.15) is 13.2 Å². The molecular formula is C13H16ClF3N2O. The Balaban J connectivity index is 3.01. The zero-order valence-corrected chi connectivity index (χ0v) is 12.1. The lowest BCUT2D eigenvalue weighted by Gasteiger charge is -2.26. The number of carbonyl (C=O) groups is 1. The van der Waals surface area contributed by atoms with Crippen molar-refractivity contribution in [3.8, 4) is 0 Å². The summed E-state index contributed by atoms with van der Waals surface area (Å²) in [6.45, 7) is 5.26. The maximum Gasteiger partial charge on any atom is 0.416 e. The molecule has 0 fully saturated rings. The minimum Gasteiger partial charge on any atom is -0.323 e. The molecule has 1 aromatic rings. The van der Waals surface area contributed by atoms with E-state index < -0.39 is 29.1 Å². The van der Waals surface area contributed by atoms with Crippen molar-refractivity contribution < 1.29 is 18.0 Å². The van der Waals surface area contributed by atoms with Crippen molar-refractivity contribution in [1.29, 1.82) is 0 Å². The maximum atomic E-state index is 12.6. The summed E-state index contributed by atoms with van der Waals surface area (Å²) in [5.41, 5.74) is 4.23. The summed E-state index contributed by atoms with van der Waals surface area (Å²) < 4.78 is 37.8. The highest BCUT2D eigenvalue weighted by atomic mass is 35.5. The van der Waals surface area contributed by atoms with E-state index in [1.165, 1.54) is 0 Å². The number of nitrogens with two attached hydrogens (primary N) is 1. The molecule has 20 heavy (non-hydrogen) atoms. The zero-order chi connectivity index (χ0) is 15.7. The van der Waals surface area contributed by atoms with E-state index in [9.17, 15) is 18.0 Å². The fourth-order valence-corrected chi connectivity index (χ4v) is 1.57. The smallest absolute Gasteiger partial charge is 0.323 e. The molecular weight excluding hydrogens is 293 g/mol. The zero-order valence-electron chi connectivity index (χ0n) is 11.3. The maximum absolute atomic E-state index is 12.6. The highest BCUT2D eigenvalue weighted by Crippen LogP contribution is 2.34. The van der Waals surface area contributed by atoms with E-state index in [1.807, 2.05) is 0 Å². The summed E-state index contributed by atoms with van der Waals surface area (Å²) in [4.78, 5) is 11.9. The molecule has 0 spiro atoms. The molecule has 7 heteroatoms. The first-order valence-corrected chi connectivity index (χ1v) is 6.24. The van der Waals surface area contributed by atoms with Crippen molar-refractivity contribution >= 4 is 23.2 Å². The third kappa shape index (κ3) is 4.11. The van der Waals surface area contributed by atoms with Crippen LogP contribution in [-0.2, 0) is 11.0 Å². The van der Waals surface area contributed by atoms with Crippen molar-refractivity contribution in [2.45, 2.75) is 33.0 Å². The average molecular weight is 309 g/mol. The largest absolute Gasteiger partial charge is 0.416 e. The summed E-state index contributed by atoms with van der Waals surface area (Å²) in [7, 11) is 0. The highest BCUT2D eigenvalue weighted by Gasteiger charge is 2.32. The van der Waals surface area contributed by atoms with Crippen LogP contribution in [0, 0.1) is 5.41 Å². The molecule has 1 aromatic carbocycles. The number of hydrogen-bond donors (Lipinski definition) is 2. The SMILES string of the molecule is CC(C)(C)C(N)C(=O)Nc1cc(C(F)(F)F)ccc1Cl. The predicted molar refractivity (Wildman–Crippen MR) is 72.5 cm³/mol. The van der Waals surface area contributed by atoms with Gasteiger partial charge in [0.25, 0.3) is 0 Å². The number of rotatable bonds is 2. The van der Waals surface area contributed by atoms with Crippen LogP contribution in [0.2, 0.25) is 5.02 Å². The molecule has 0 radical (unpaired) electrons. The summed E-state index contributed by atoms with van der Waals surface area (Å²) in [6, 6.07) is 1.85. The number of amides is 1. The molecule has 1 rings (SSSR count). The molecule has 0 saturated heterocycles. The van der Waals surface area contributed by atoms with Crippen molar-refractivity contribution in [1.82, 2.24) is 0 Å². The summed E-state index contributed by atoms with van der Waals surface area (Å²) >= 11 is 5.79. The van der Waals surface area contributed by atoms with E-state index in [0.29, 0.717) is 0 Å². The standard InChI is InChI=1S/C13H16ClF3N2O/c1-12(2,3)10(18)11(20)19-9-6-7(13(15,16)17)4-5-8(9)14/h4-6,10H,18H2,1-3H3,(H,19,20). The molecule has 0 aromatic heterocycles. The van der Waals surface area contributed by atoms with Crippen molar-refractivity contribution in [3.05, 3.63) is 28.8 Å². The summed E-state index contributed by atoms with van der Waals surface area (Å²) in [5.74, 6) is -0.585. The second-order valence-electron chi connectivity index (χ2n) is 5.53. The molecule has 112 valence electrons. The van der Waals surface area contributed by atoms with Gasteiger partial charge in [-0.15, -0.1) is 0 Å². The van der Waals surface area contributed by atoms with E-state index in [2.05, 4.69) is 5.32 Å². The van der Waals surface area contributed by atoms with Crippen LogP contribution in [0.4, 0.5) is 18.9 Å². The molecule has 3 N–H and O–H groups in total. The quantitative estimate of drug-likeness (QED) is 0.876. The lowest BCUT2D eigenvalue weighted by molar-refractivity contribution is -0.137. The van der Waals surface area contributed by atoms with Crippen LogP contribution in [0.15, 0.2) is 18.2 Å². The molecule has 1 unspecified atom stereocenters. The Morgan fingerprint density at radius 1 is 1.30 bits per heavy atom. The van der Waals surface area contributed by atoms with E-state index >= 15 is 0 Å². The van der Waals surface area contributed by atoms with Crippen LogP contribution in [0.3, 0.4) is 0 Å². The van der Waals surface area contributed by atoms with Crippen LogP contribution in [0.1, 0.15) is 26.3 Å². The van der Waals surface area contributed by atoms with Crippen LogP contribution < -0.4 is 11.1 Å². The molecule has 3 nitrogen and oxygen atoms in total. The molecule has 0 aliphatic rings. The van der Waals surface area contributed by atoms with E-state index in [-0.39, 0.29) is 10.7 Å². The van der Waals surface area contributed by atoms with Gasteiger partial charge in [0.05, 0.1) is 22.3 Å². The van der Waals surface area contributed by atoms with Gasteiger partial charge in [0.1, 0.15) is 0 Å². The molecule has 1 amide bonds. The van der Waals surface area contributed by atoms with Gasteiger partial charge in [-0.05, 0) is 23.6 Å². The number of benzene rings is 1. The molecule has 0 aliphatic carbocycles. The fourth-order valence-electron chi connectivity index (χ4n) is 1.40. The van der Waals surface area contributed by atoms with Gasteiger partial charge in [-0.25, -0.2) is 0 Å². The van der Waals surface area contributed by atoms with Gasteiger partial charge in [-0.1, -0.05) is 32.4 Å². The normalized spacial score (nSPS) is 14.0.